The van der Waals surface area contributed by atoms with Gasteiger partial charge in [0.05, 0.1) is 0 Å². The molecule has 2 N–H and O–H groups in total. The van der Waals surface area contributed by atoms with Gasteiger partial charge in [0.2, 0.25) is 0 Å². The molecule has 1 aliphatic rings. The minimum absolute atomic E-state index is 0.0618. The molecule has 1 unspecified atom stereocenters. The summed E-state index contributed by atoms with van der Waals surface area (Å²) in [7, 11) is 1.69. The number of hydrogen-bond donors (Lipinski definition) is 2. The van der Waals surface area contributed by atoms with Crippen LogP contribution in [0.2, 0.25) is 0 Å². The van der Waals surface area contributed by atoms with Gasteiger partial charge in [0, 0.05) is 13.6 Å². The van der Waals surface area contributed by atoms with Gasteiger partial charge in [-0.05, 0) is 31.6 Å². The smallest absolute Gasteiger partial charge is 0.326 e. The van der Waals surface area contributed by atoms with Crippen molar-refractivity contribution in [1.82, 2.24) is 10.2 Å². The maximum absolute atomic E-state index is 12.0. The summed E-state index contributed by atoms with van der Waals surface area (Å²) < 4.78 is 0. The highest BCUT2D eigenvalue weighted by Crippen LogP contribution is 2.26. The van der Waals surface area contributed by atoms with E-state index in [0.717, 1.165) is 44.9 Å². The number of carbonyl (C=O) groups excluding carboxylic acids is 1. The van der Waals surface area contributed by atoms with Crippen LogP contribution in [-0.2, 0) is 4.79 Å². The predicted octanol–water partition coefficient (Wildman–Crippen LogP) is 2.63. The van der Waals surface area contributed by atoms with E-state index in [1.165, 1.54) is 0 Å². The third-order valence-corrected chi connectivity index (χ3v) is 3.91. The van der Waals surface area contributed by atoms with E-state index in [0.29, 0.717) is 6.54 Å². The van der Waals surface area contributed by atoms with Crippen LogP contribution >= 0.6 is 0 Å². The number of allylic oxidation sites excluding steroid dienone is 1. The number of carboxylic acids is 1. The molecular weight excluding hydrogens is 256 g/mol. The Hall–Kier alpha value is -1.52. The molecule has 0 spiro atoms. The molecule has 114 valence electrons. The van der Waals surface area contributed by atoms with Gasteiger partial charge in [0.25, 0.3) is 0 Å². The lowest BCUT2D eigenvalue weighted by atomic mass is 9.84. The fourth-order valence-corrected chi connectivity index (χ4v) is 2.67. The van der Waals surface area contributed by atoms with E-state index < -0.39 is 12.0 Å². The number of nitrogens with zero attached hydrogens (tertiary/aromatic N) is 1. The average molecular weight is 282 g/mol. The van der Waals surface area contributed by atoms with Crippen molar-refractivity contribution in [1.29, 1.82) is 0 Å². The van der Waals surface area contributed by atoms with Gasteiger partial charge in [-0.15, -0.1) is 6.58 Å². The van der Waals surface area contributed by atoms with Gasteiger partial charge in [-0.25, -0.2) is 9.59 Å². The Morgan fingerprint density at radius 1 is 1.40 bits per heavy atom. The number of urea groups is 1. The van der Waals surface area contributed by atoms with Crippen molar-refractivity contribution in [2.75, 3.05) is 13.6 Å². The molecule has 0 aliphatic heterocycles. The zero-order chi connectivity index (χ0) is 15.0. The SMILES string of the molecule is C=CCCCN(C)C(=O)NC(C(=O)O)C1CCCCC1. The summed E-state index contributed by atoms with van der Waals surface area (Å²) in [6.07, 6.45) is 8.55. The molecule has 0 radical (unpaired) electrons. The van der Waals surface area contributed by atoms with Crippen molar-refractivity contribution in [3.05, 3.63) is 12.7 Å². The second kappa shape index (κ2) is 8.61. The summed E-state index contributed by atoms with van der Waals surface area (Å²) in [6, 6.07) is -1.06. The predicted molar refractivity (Wildman–Crippen MR) is 78.6 cm³/mol. The Kier molecular flexibility index (Phi) is 7.12. The largest absolute Gasteiger partial charge is 0.480 e. The molecule has 2 amide bonds. The molecule has 1 rings (SSSR count). The van der Waals surface area contributed by atoms with E-state index in [2.05, 4.69) is 11.9 Å². The molecule has 1 saturated carbocycles. The van der Waals surface area contributed by atoms with E-state index in [-0.39, 0.29) is 11.9 Å². The van der Waals surface area contributed by atoms with Crippen molar-refractivity contribution < 1.29 is 14.7 Å². The first-order valence-corrected chi connectivity index (χ1v) is 7.41. The van der Waals surface area contributed by atoms with Crippen LogP contribution in [0.15, 0.2) is 12.7 Å². The van der Waals surface area contributed by atoms with Crippen molar-refractivity contribution in [2.45, 2.75) is 51.0 Å². The van der Waals surface area contributed by atoms with Crippen molar-refractivity contribution in [2.24, 2.45) is 5.92 Å². The molecule has 1 atom stereocenters. The third-order valence-electron chi connectivity index (χ3n) is 3.91. The monoisotopic (exact) mass is 282 g/mol. The first-order chi connectivity index (χ1) is 9.56. The number of rotatable bonds is 7. The maximum atomic E-state index is 12.0. The summed E-state index contributed by atoms with van der Waals surface area (Å²) in [5.41, 5.74) is 0. The molecule has 0 aromatic heterocycles. The lowest BCUT2D eigenvalue weighted by Crippen LogP contribution is -2.50. The van der Waals surface area contributed by atoms with Crippen LogP contribution < -0.4 is 5.32 Å². The van der Waals surface area contributed by atoms with E-state index >= 15 is 0 Å². The lowest BCUT2D eigenvalue weighted by Gasteiger charge is -2.29. The van der Waals surface area contributed by atoms with Gasteiger partial charge in [-0.2, -0.15) is 0 Å². The molecule has 0 aromatic carbocycles. The maximum Gasteiger partial charge on any atom is 0.326 e. The number of amides is 2. The summed E-state index contributed by atoms with van der Waals surface area (Å²) >= 11 is 0. The number of carboxylic acid groups (broad SMARTS) is 1. The Labute approximate surface area is 121 Å². The van der Waals surface area contributed by atoms with Gasteiger partial charge in [-0.1, -0.05) is 25.3 Å². The molecule has 0 bridgehead atoms. The zero-order valence-corrected chi connectivity index (χ0v) is 12.3. The van der Waals surface area contributed by atoms with Crippen molar-refractivity contribution in [3.63, 3.8) is 0 Å². The Morgan fingerprint density at radius 3 is 2.60 bits per heavy atom. The highest BCUT2D eigenvalue weighted by Gasteiger charge is 2.31. The zero-order valence-electron chi connectivity index (χ0n) is 12.3. The first kappa shape index (κ1) is 16.5. The molecule has 5 nitrogen and oxygen atoms in total. The standard InChI is InChI=1S/C15H26N2O3/c1-3-4-8-11-17(2)15(20)16-13(14(18)19)12-9-6-5-7-10-12/h3,12-13H,1,4-11H2,2H3,(H,16,20)(H,18,19). The highest BCUT2D eigenvalue weighted by atomic mass is 16.4. The van der Waals surface area contributed by atoms with E-state index in [1.807, 2.05) is 6.08 Å². The van der Waals surface area contributed by atoms with Gasteiger partial charge in [0.1, 0.15) is 6.04 Å². The van der Waals surface area contributed by atoms with Crippen molar-refractivity contribution >= 4 is 12.0 Å². The molecule has 1 fully saturated rings. The quantitative estimate of drug-likeness (QED) is 0.557. The van der Waals surface area contributed by atoms with Crippen LogP contribution in [0.5, 0.6) is 0 Å². The number of carbonyl (C=O) groups is 2. The lowest BCUT2D eigenvalue weighted by molar-refractivity contribution is -0.141. The Balaban J connectivity index is 2.49. The minimum atomic E-state index is -0.926. The fraction of sp³-hybridized carbons (Fsp3) is 0.733. The van der Waals surface area contributed by atoms with Gasteiger partial charge >= 0.3 is 12.0 Å². The van der Waals surface area contributed by atoms with E-state index in [4.69, 9.17) is 0 Å². The van der Waals surface area contributed by atoms with Gasteiger partial charge < -0.3 is 15.3 Å². The Bertz CT molecular complexity index is 338. The number of aliphatic carboxylic acids is 1. The van der Waals surface area contributed by atoms with Crippen molar-refractivity contribution in [3.8, 4) is 0 Å². The van der Waals surface area contributed by atoms with E-state index in [9.17, 15) is 14.7 Å². The normalized spacial score (nSPS) is 17.2. The number of nitrogens with one attached hydrogen (secondary N) is 1. The highest BCUT2D eigenvalue weighted by molar-refractivity contribution is 5.82. The second-order valence-corrected chi connectivity index (χ2v) is 5.52. The summed E-state index contributed by atoms with van der Waals surface area (Å²) in [5, 5.41) is 12.0. The Morgan fingerprint density at radius 2 is 2.05 bits per heavy atom. The third kappa shape index (κ3) is 5.23. The topological polar surface area (TPSA) is 69.6 Å². The van der Waals surface area contributed by atoms with Gasteiger partial charge in [0.15, 0.2) is 0 Å². The van der Waals surface area contributed by atoms with Crippen LogP contribution in [0.25, 0.3) is 0 Å². The molecular formula is C15H26N2O3. The molecule has 5 heteroatoms. The van der Waals surface area contributed by atoms with Crippen LogP contribution in [0.3, 0.4) is 0 Å². The summed E-state index contributed by atoms with van der Waals surface area (Å²) in [4.78, 5) is 24.9. The van der Waals surface area contributed by atoms with Crippen LogP contribution in [-0.4, -0.2) is 41.6 Å². The van der Waals surface area contributed by atoms with E-state index in [1.54, 1.807) is 11.9 Å². The fourth-order valence-electron chi connectivity index (χ4n) is 2.67. The number of hydrogen-bond acceptors (Lipinski definition) is 2. The minimum Gasteiger partial charge on any atom is -0.480 e. The number of unbranched alkanes of at least 4 members (excludes halogenated alkanes) is 1. The molecule has 20 heavy (non-hydrogen) atoms. The molecule has 0 saturated heterocycles. The van der Waals surface area contributed by atoms with Crippen LogP contribution in [0, 0.1) is 5.92 Å². The summed E-state index contributed by atoms with van der Waals surface area (Å²) in [5.74, 6) is -0.864. The average Bonchev–Trinajstić information content (AvgIpc) is 2.45. The molecule has 0 heterocycles. The van der Waals surface area contributed by atoms with Crippen LogP contribution in [0.1, 0.15) is 44.9 Å². The summed E-state index contributed by atoms with van der Waals surface area (Å²) in [6.45, 7) is 4.24. The van der Waals surface area contributed by atoms with Gasteiger partial charge in [-0.3, -0.25) is 0 Å². The van der Waals surface area contributed by atoms with Crippen LogP contribution in [0.4, 0.5) is 4.79 Å². The second-order valence-electron chi connectivity index (χ2n) is 5.52. The first-order valence-electron chi connectivity index (χ1n) is 7.41. The molecule has 0 aromatic rings. The molecule has 1 aliphatic carbocycles.